The molecule has 3 aromatic carbocycles. The molecule has 1 aromatic heterocycles. The number of hydrogen-bond acceptors (Lipinski definition) is 5. The summed E-state index contributed by atoms with van der Waals surface area (Å²) < 4.78 is 1.50. The molecule has 31 heavy (non-hydrogen) atoms. The first-order chi connectivity index (χ1) is 15.2. The molecule has 0 saturated carbocycles. The van der Waals surface area contributed by atoms with Gasteiger partial charge in [0.05, 0.1) is 16.9 Å². The van der Waals surface area contributed by atoms with Gasteiger partial charge in [0.15, 0.2) is 0 Å². The van der Waals surface area contributed by atoms with Crippen molar-refractivity contribution in [2.75, 3.05) is 11.9 Å². The summed E-state index contributed by atoms with van der Waals surface area (Å²) in [6.45, 7) is 0.504. The van der Waals surface area contributed by atoms with E-state index < -0.39 is 0 Å². The highest BCUT2D eigenvalue weighted by Crippen LogP contribution is 2.17. The van der Waals surface area contributed by atoms with Crippen LogP contribution < -0.4 is 10.6 Å². The van der Waals surface area contributed by atoms with E-state index in [1.807, 2.05) is 30.3 Å². The van der Waals surface area contributed by atoms with Crippen LogP contribution in [-0.4, -0.2) is 38.6 Å². The van der Waals surface area contributed by atoms with E-state index in [0.29, 0.717) is 23.4 Å². The van der Waals surface area contributed by atoms with Crippen LogP contribution in [0.15, 0.2) is 85.2 Å². The van der Waals surface area contributed by atoms with Gasteiger partial charge in [0, 0.05) is 12.1 Å². The fourth-order valence-electron chi connectivity index (χ4n) is 3.09. The van der Waals surface area contributed by atoms with E-state index >= 15 is 0 Å². The standard InChI is InChI=1S/C23H20N6O2/c30-22(18-10-12-19(13-11-18)29-16-25-27-28-29)26-21-9-5-4-8-20(21)23(31)24-15-14-17-6-2-1-3-7-17/h1-13,16H,14-15H2,(H,24,31)(H,26,30). The van der Waals surface area contributed by atoms with E-state index in [9.17, 15) is 9.59 Å². The van der Waals surface area contributed by atoms with Gasteiger partial charge in [0.1, 0.15) is 6.33 Å². The first-order valence-electron chi connectivity index (χ1n) is 9.76. The van der Waals surface area contributed by atoms with Gasteiger partial charge in [-0.3, -0.25) is 9.59 Å². The average molecular weight is 412 g/mol. The number of carbonyl (C=O) groups excluding carboxylic acids is 2. The lowest BCUT2D eigenvalue weighted by Gasteiger charge is -2.12. The molecule has 0 spiro atoms. The Labute approximate surface area is 178 Å². The van der Waals surface area contributed by atoms with Crippen LogP contribution in [0.4, 0.5) is 5.69 Å². The number of carbonyl (C=O) groups is 2. The molecule has 154 valence electrons. The maximum atomic E-state index is 12.7. The van der Waals surface area contributed by atoms with Gasteiger partial charge in [0.25, 0.3) is 11.8 Å². The summed E-state index contributed by atoms with van der Waals surface area (Å²) in [5, 5.41) is 16.7. The minimum atomic E-state index is -0.312. The molecular weight excluding hydrogens is 392 g/mol. The van der Waals surface area contributed by atoms with Crippen LogP contribution in [0, 0.1) is 0 Å². The third-order valence-electron chi connectivity index (χ3n) is 4.70. The first-order valence-corrected chi connectivity index (χ1v) is 9.76. The van der Waals surface area contributed by atoms with Crippen LogP contribution in [0.1, 0.15) is 26.3 Å². The molecule has 1 heterocycles. The Morgan fingerprint density at radius 3 is 2.32 bits per heavy atom. The highest BCUT2D eigenvalue weighted by Gasteiger charge is 2.14. The molecule has 0 radical (unpaired) electrons. The number of benzene rings is 3. The molecule has 0 aliphatic rings. The molecule has 8 nitrogen and oxygen atoms in total. The number of nitrogens with one attached hydrogen (secondary N) is 2. The molecule has 0 atom stereocenters. The third kappa shape index (κ3) is 4.99. The Bertz CT molecular complexity index is 1160. The van der Waals surface area contributed by atoms with Crippen molar-refractivity contribution in [3.63, 3.8) is 0 Å². The van der Waals surface area contributed by atoms with Crippen LogP contribution in [0.2, 0.25) is 0 Å². The Balaban J connectivity index is 1.40. The average Bonchev–Trinajstić information content (AvgIpc) is 3.35. The van der Waals surface area contributed by atoms with Crippen LogP contribution in [-0.2, 0) is 6.42 Å². The fraction of sp³-hybridized carbons (Fsp3) is 0.0870. The molecule has 4 rings (SSSR count). The monoisotopic (exact) mass is 412 g/mol. The van der Waals surface area contributed by atoms with Crippen LogP contribution in [0.25, 0.3) is 5.69 Å². The van der Waals surface area contributed by atoms with E-state index in [-0.39, 0.29) is 11.8 Å². The number of hydrogen-bond donors (Lipinski definition) is 2. The van der Waals surface area contributed by atoms with Crippen molar-refractivity contribution in [2.45, 2.75) is 6.42 Å². The second-order valence-corrected chi connectivity index (χ2v) is 6.79. The second kappa shape index (κ2) is 9.45. The van der Waals surface area contributed by atoms with Gasteiger partial charge >= 0.3 is 0 Å². The van der Waals surface area contributed by atoms with Gasteiger partial charge in [-0.05, 0) is 58.8 Å². The zero-order valence-corrected chi connectivity index (χ0v) is 16.6. The number of tetrazole rings is 1. The summed E-state index contributed by atoms with van der Waals surface area (Å²) in [7, 11) is 0. The van der Waals surface area contributed by atoms with E-state index in [1.165, 1.54) is 11.0 Å². The van der Waals surface area contributed by atoms with Gasteiger partial charge in [-0.2, -0.15) is 0 Å². The highest BCUT2D eigenvalue weighted by atomic mass is 16.2. The predicted octanol–water partition coefficient (Wildman–Crippen LogP) is 2.89. The molecule has 2 N–H and O–H groups in total. The normalized spacial score (nSPS) is 10.5. The van der Waals surface area contributed by atoms with Crippen molar-refractivity contribution in [3.05, 3.63) is 102 Å². The maximum absolute atomic E-state index is 12.7. The Hall–Kier alpha value is -4.33. The quantitative estimate of drug-likeness (QED) is 0.486. The number of amides is 2. The third-order valence-corrected chi connectivity index (χ3v) is 4.70. The van der Waals surface area contributed by atoms with E-state index in [2.05, 4.69) is 26.2 Å². The molecule has 0 fully saturated rings. The SMILES string of the molecule is O=C(Nc1ccccc1C(=O)NCCc1ccccc1)c1ccc(-n2cnnn2)cc1. The molecular formula is C23H20N6O2. The first kappa shape index (κ1) is 20.0. The highest BCUT2D eigenvalue weighted by molar-refractivity contribution is 6.09. The van der Waals surface area contributed by atoms with E-state index in [0.717, 1.165) is 17.7 Å². The number of nitrogens with zero attached hydrogens (tertiary/aromatic N) is 4. The van der Waals surface area contributed by atoms with Gasteiger partial charge < -0.3 is 10.6 Å². The summed E-state index contributed by atoms with van der Waals surface area (Å²) >= 11 is 0. The van der Waals surface area contributed by atoms with E-state index in [1.54, 1.807) is 48.5 Å². The van der Waals surface area contributed by atoms with Crippen LogP contribution in [0.5, 0.6) is 0 Å². The van der Waals surface area contributed by atoms with Crippen LogP contribution in [0.3, 0.4) is 0 Å². The molecule has 2 amide bonds. The molecule has 4 aromatic rings. The molecule has 0 aliphatic heterocycles. The predicted molar refractivity (Wildman–Crippen MR) is 116 cm³/mol. The summed E-state index contributed by atoms with van der Waals surface area (Å²) in [6.07, 6.45) is 2.20. The zero-order chi connectivity index (χ0) is 21.5. The van der Waals surface area contributed by atoms with Gasteiger partial charge in [-0.25, -0.2) is 4.68 Å². The topological polar surface area (TPSA) is 102 Å². The van der Waals surface area contributed by atoms with Crippen molar-refractivity contribution >= 4 is 17.5 Å². The largest absolute Gasteiger partial charge is 0.352 e. The molecule has 8 heteroatoms. The van der Waals surface area contributed by atoms with Crippen molar-refractivity contribution in [3.8, 4) is 5.69 Å². The van der Waals surface area contributed by atoms with Gasteiger partial charge in [0.2, 0.25) is 0 Å². The summed E-state index contributed by atoms with van der Waals surface area (Å²) in [5.41, 5.74) is 3.20. The van der Waals surface area contributed by atoms with Crippen molar-refractivity contribution < 1.29 is 9.59 Å². The number of rotatable bonds is 7. The minimum absolute atomic E-state index is 0.235. The number of para-hydroxylation sites is 1. The number of anilines is 1. The van der Waals surface area contributed by atoms with E-state index in [4.69, 9.17) is 0 Å². The minimum Gasteiger partial charge on any atom is -0.352 e. The Morgan fingerprint density at radius 2 is 1.58 bits per heavy atom. The lowest BCUT2D eigenvalue weighted by atomic mass is 10.1. The summed E-state index contributed by atoms with van der Waals surface area (Å²) in [4.78, 5) is 25.4. The Morgan fingerprint density at radius 1 is 0.839 bits per heavy atom. The van der Waals surface area contributed by atoms with Crippen molar-refractivity contribution in [1.82, 2.24) is 25.5 Å². The molecule has 0 aliphatic carbocycles. The van der Waals surface area contributed by atoms with Crippen LogP contribution >= 0.6 is 0 Å². The number of aromatic nitrogens is 4. The van der Waals surface area contributed by atoms with Crippen molar-refractivity contribution in [2.24, 2.45) is 0 Å². The smallest absolute Gasteiger partial charge is 0.255 e. The zero-order valence-electron chi connectivity index (χ0n) is 16.6. The summed E-state index contributed by atoms with van der Waals surface area (Å²) in [5.74, 6) is -0.548. The lowest BCUT2D eigenvalue weighted by molar-refractivity contribution is 0.0955. The van der Waals surface area contributed by atoms with Gasteiger partial charge in [-0.15, -0.1) is 5.10 Å². The summed E-state index contributed by atoms with van der Waals surface area (Å²) in [6, 6.07) is 23.7. The second-order valence-electron chi connectivity index (χ2n) is 6.79. The molecule has 0 saturated heterocycles. The fourth-order valence-corrected chi connectivity index (χ4v) is 3.09. The molecule has 0 bridgehead atoms. The lowest BCUT2D eigenvalue weighted by Crippen LogP contribution is -2.27. The van der Waals surface area contributed by atoms with Gasteiger partial charge in [-0.1, -0.05) is 42.5 Å². The maximum Gasteiger partial charge on any atom is 0.255 e. The molecule has 0 unspecified atom stereocenters. The Kier molecular flexibility index (Phi) is 6.08. The van der Waals surface area contributed by atoms with Crippen molar-refractivity contribution in [1.29, 1.82) is 0 Å².